The second-order valence-corrected chi connectivity index (χ2v) is 3.96. The summed E-state index contributed by atoms with van der Waals surface area (Å²) in [5.41, 5.74) is 6.08. The van der Waals surface area contributed by atoms with Gasteiger partial charge in [-0.15, -0.1) is 0 Å². The first-order valence-corrected chi connectivity index (χ1v) is 5.63. The van der Waals surface area contributed by atoms with Gasteiger partial charge in [0.1, 0.15) is 6.61 Å². The number of aliphatic carboxylic acids is 1. The molecule has 0 aromatic heterocycles. The molecule has 2 atom stereocenters. The molecule has 0 heterocycles. The molecular formula is C13H14N2O4. The third-order valence-corrected chi connectivity index (χ3v) is 2.46. The smallest absolute Gasteiger partial charge is 0.320 e. The number of benzene rings is 1. The summed E-state index contributed by atoms with van der Waals surface area (Å²) in [6.45, 7) is -0.00869. The summed E-state index contributed by atoms with van der Waals surface area (Å²) in [6, 6.07) is 9.56. The first-order valence-electron chi connectivity index (χ1n) is 5.63. The van der Waals surface area contributed by atoms with E-state index in [4.69, 9.17) is 20.8 Å². The largest absolute Gasteiger partial charge is 0.481 e. The second-order valence-electron chi connectivity index (χ2n) is 3.96. The van der Waals surface area contributed by atoms with Crippen molar-refractivity contribution in [2.45, 2.75) is 19.1 Å². The third kappa shape index (κ3) is 4.77. The predicted octanol–water partition coefficient (Wildman–Crippen LogP) is 0.672. The van der Waals surface area contributed by atoms with Crippen molar-refractivity contribution >= 4 is 11.9 Å². The van der Waals surface area contributed by atoms with Crippen LogP contribution in [-0.4, -0.2) is 23.1 Å². The van der Waals surface area contributed by atoms with Gasteiger partial charge in [-0.25, -0.2) is 0 Å². The number of hydrogen-bond acceptors (Lipinski definition) is 5. The van der Waals surface area contributed by atoms with Crippen LogP contribution in [0.5, 0.6) is 0 Å². The molecule has 0 fully saturated rings. The highest BCUT2D eigenvalue weighted by atomic mass is 16.5. The van der Waals surface area contributed by atoms with E-state index in [1.54, 1.807) is 30.3 Å². The fraction of sp³-hybridized carbons (Fsp3) is 0.308. The number of carboxylic acids is 1. The molecule has 19 heavy (non-hydrogen) atoms. The van der Waals surface area contributed by atoms with E-state index in [9.17, 15) is 9.59 Å². The molecule has 0 aliphatic carbocycles. The Bertz CT molecular complexity index is 481. The lowest BCUT2D eigenvalue weighted by molar-refractivity contribution is -0.160. The zero-order valence-corrected chi connectivity index (χ0v) is 10.2. The standard InChI is InChI=1S/C13H14N2O4/c14-7-10(15)6-11(12(16)17)13(18)19-8-9-4-2-1-3-5-9/h1-5,10-11H,6,8,15H2,(H,16,17)/t10?,11-/m0/s1. The van der Waals surface area contributed by atoms with Crippen molar-refractivity contribution in [3.8, 4) is 6.07 Å². The fourth-order valence-electron chi connectivity index (χ4n) is 1.43. The molecule has 0 bridgehead atoms. The first kappa shape index (κ1) is 14.7. The van der Waals surface area contributed by atoms with Crippen LogP contribution in [0.1, 0.15) is 12.0 Å². The number of carbonyl (C=O) groups is 2. The minimum absolute atomic E-state index is 0.00869. The van der Waals surface area contributed by atoms with Crippen LogP contribution < -0.4 is 5.73 Å². The van der Waals surface area contributed by atoms with E-state index in [1.807, 2.05) is 6.07 Å². The van der Waals surface area contributed by atoms with E-state index < -0.39 is 23.9 Å². The van der Waals surface area contributed by atoms with Gasteiger partial charge in [0.05, 0.1) is 12.1 Å². The zero-order valence-electron chi connectivity index (χ0n) is 10.2. The van der Waals surface area contributed by atoms with Crippen molar-refractivity contribution in [2.24, 2.45) is 11.7 Å². The van der Waals surface area contributed by atoms with Crippen molar-refractivity contribution in [3.05, 3.63) is 35.9 Å². The number of carbonyl (C=O) groups excluding carboxylic acids is 1. The minimum Gasteiger partial charge on any atom is -0.481 e. The number of carboxylic acid groups (broad SMARTS) is 1. The highest BCUT2D eigenvalue weighted by Gasteiger charge is 2.29. The number of rotatable bonds is 6. The van der Waals surface area contributed by atoms with Gasteiger partial charge < -0.3 is 15.6 Å². The average Bonchev–Trinajstić information content (AvgIpc) is 2.42. The van der Waals surface area contributed by atoms with Crippen LogP contribution >= 0.6 is 0 Å². The molecule has 0 saturated carbocycles. The Balaban J connectivity index is 2.58. The maximum Gasteiger partial charge on any atom is 0.320 e. The van der Waals surface area contributed by atoms with Crippen molar-refractivity contribution < 1.29 is 19.4 Å². The van der Waals surface area contributed by atoms with Crippen molar-refractivity contribution in [1.82, 2.24) is 0 Å². The Morgan fingerprint density at radius 3 is 2.53 bits per heavy atom. The molecule has 6 nitrogen and oxygen atoms in total. The Hall–Kier alpha value is -2.39. The van der Waals surface area contributed by atoms with Crippen LogP contribution in [0, 0.1) is 17.2 Å². The quantitative estimate of drug-likeness (QED) is 0.575. The molecule has 0 saturated heterocycles. The molecule has 1 aromatic carbocycles. The van der Waals surface area contributed by atoms with Gasteiger partial charge >= 0.3 is 11.9 Å². The Morgan fingerprint density at radius 1 is 1.37 bits per heavy atom. The van der Waals surface area contributed by atoms with Crippen molar-refractivity contribution in [1.29, 1.82) is 5.26 Å². The van der Waals surface area contributed by atoms with Gasteiger partial charge in [0.25, 0.3) is 0 Å². The monoisotopic (exact) mass is 262 g/mol. The lowest BCUT2D eigenvalue weighted by Gasteiger charge is -2.12. The maximum absolute atomic E-state index is 11.6. The van der Waals surface area contributed by atoms with Crippen LogP contribution in [0.2, 0.25) is 0 Å². The summed E-state index contributed by atoms with van der Waals surface area (Å²) in [5, 5.41) is 17.5. The first-order chi connectivity index (χ1) is 9.04. The number of ether oxygens (including phenoxy) is 1. The SMILES string of the molecule is N#CC(N)C[C@@H](C(=O)O)C(=O)OCc1ccccc1. The Kier molecular flexibility index (Phi) is 5.51. The topological polar surface area (TPSA) is 113 Å². The predicted molar refractivity (Wildman–Crippen MR) is 65.6 cm³/mol. The fourth-order valence-corrected chi connectivity index (χ4v) is 1.43. The van der Waals surface area contributed by atoms with E-state index in [-0.39, 0.29) is 13.0 Å². The number of esters is 1. The zero-order chi connectivity index (χ0) is 14.3. The van der Waals surface area contributed by atoms with Crippen LogP contribution in [0.4, 0.5) is 0 Å². The molecule has 100 valence electrons. The molecule has 6 heteroatoms. The van der Waals surface area contributed by atoms with Gasteiger partial charge in [-0.05, 0) is 12.0 Å². The van der Waals surface area contributed by atoms with Gasteiger partial charge in [0.2, 0.25) is 0 Å². The van der Waals surface area contributed by atoms with Gasteiger partial charge in [-0.1, -0.05) is 30.3 Å². The summed E-state index contributed by atoms with van der Waals surface area (Å²) >= 11 is 0. The molecule has 1 rings (SSSR count). The average molecular weight is 262 g/mol. The number of hydrogen-bond donors (Lipinski definition) is 2. The molecule has 1 aromatic rings. The van der Waals surface area contributed by atoms with E-state index in [1.165, 1.54) is 0 Å². The molecule has 3 N–H and O–H groups in total. The summed E-state index contributed by atoms with van der Waals surface area (Å²) in [6.07, 6.45) is -0.264. The van der Waals surface area contributed by atoms with Crippen LogP contribution in [0.3, 0.4) is 0 Å². The lowest BCUT2D eigenvalue weighted by atomic mass is 10.0. The molecule has 0 spiro atoms. The highest BCUT2D eigenvalue weighted by molar-refractivity contribution is 5.94. The number of nitriles is 1. The Morgan fingerprint density at radius 2 is 2.00 bits per heavy atom. The van der Waals surface area contributed by atoms with Crippen molar-refractivity contribution in [3.63, 3.8) is 0 Å². The highest BCUT2D eigenvalue weighted by Crippen LogP contribution is 2.10. The van der Waals surface area contributed by atoms with E-state index in [0.717, 1.165) is 5.56 Å². The molecule has 0 amide bonds. The van der Waals surface area contributed by atoms with E-state index in [2.05, 4.69) is 0 Å². The van der Waals surface area contributed by atoms with Crippen molar-refractivity contribution in [2.75, 3.05) is 0 Å². The van der Waals surface area contributed by atoms with Gasteiger partial charge in [-0.3, -0.25) is 9.59 Å². The lowest BCUT2D eigenvalue weighted by Crippen LogP contribution is -2.32. The maximum atomic E-state index is 11.6. The summed E-state index contributed by atoms with van der Waals surface area (Å²) in [5.74, 6) is -3.65. The second kappa shape index (κ2) is 7.13. The van der Waals surface area contributed by atoms with Gasteiger partial charge in [-0.2, -0.15) is 5.26 Å². The summed E-state index contributed by atoms with van der Waals surface area (Å²) in [4.78, 5) is 22.6. The van der Waals surface area contributed by atoms with Crippen LogP contribution in [0.15, 0.2) is 30.3 Å². The Labute approximate surface area is 110 Å². The molecule has 0 aliphatic heterocycles. The number of nitrogens with two attached hydrogens (primary N) is 1. The molecular weight excluding hydrogens is 248 g/mol. The normalized spacial score (nSPS) is 13.1. The van der Waals surface area contributed by atoms with Crippen LogP contribution in [-0.2, 0) is 20.9 Å². The van der Waals surface area contributed by atoms with Gasteiger partial charge in [0.15, 0.2) is 5.92 Å². The molecule has 0 aliphatic rings. The van der Waals surface area contributed by atoms with Crippen LogP contribution in [0.25, 0.3) is 0 Å². The van der Waals surface area contributed by atoms with E-state index >= 15 is 0 Å². The van der Waals surface area contributed by atoms with Gasteiger partial charge in [0, 0.05) is 0 Å². The molecule has 0 radical (unpaired) electrons. The number of nitrogens with zero attached hydrogens (tertiary/aromatic N) is 1. The van der Waals surface area contributed by atoms with E-state index in [0.29, 0.717) is 0 Å². The third-order valence-electron chi connectivity index (χ3n) is 2.46. The minimum atomic E-state index is -1.42. The molecule has 1 unspecified atom stereocenters. The summed E-state index contributed by atoms with van der Waals surface area (Å²) in [7, 11) is 0. The summed E-state index contributed by atoms with van der Waals surface area (Å²) < 4.78 is 4.91.